The maximum atomic E-state index is 9.93. The zero-order valence-corrected chi connectivity index (χ0v) is 13.0. The van der Waals surface area contributed by atoms with Crippen LogP contribution in [-0.4, -0.2) is 11.7 Å². The van der Waals surface area contributed by atoms with Gasteiger partial charge in [0, 0.05) is 23.9 Å². The number of anilines is 1. The number of para-hydroxylation sites is 1. The minimum Gasteiger partial charge on any atom is -0.506 e. The van der Waals surface area contributed by atoms with Gasteiger partial charge in [-0.15, -0.1) is 0 Å². The molecule has 0 aliphatic carbocycles. The summed E-state index contributed by atoms with van der Waals surface area (Å²) in [5, 5.41) is 13.2. The molecule has 106 valence electrons. The molecule has 0 radical (unpaired) electrons. The van der Waals surface area contributed by atoms with Crippen LogP contribution in [0.15, 0.2) is 46.9 Å². The predicted octanol–water partition coefficient (Wildman–Crippen LogP) is 4.56. The first kappa shape index (κ1) is 14.7. The molecule has 2 aromatic carbocycles. The van der Waals surface area contributed by atoms with Crippen molar-refractivity contribution in [1.29, 1.82) is 0 Å². The van der Waals surface area contributed by atoms with Crippen LogP contribution in [0.25, 0.3) is 0 Å². The summed E-state index contributed by atoms with van der Waals surface area (Å²) in [7, 11) is 0. The number of ether oxygens (including phenoxy) is 1. The zero-order chi connectivity index (χ0) is 14.4. The van der Waals surface area contributed by atoms with Crippen LogP contribution >= 0.6 is 15.9 Å². The Kier molecular flexibility index (Phi) is 5.30. The molecule has 0 saturated heterocycles. The maximum absolute atomic E-state index is 9.93. The second kappa shape index (κ2) is 7.20. The second-order valence-electron chi connectivity index (χ2n) is 4.48. The SMILES string of the molecule is CCCOc1cccc(NCc2cccc(Br)c2O)c1. The third kappa shape index (κ3) is 3.90. The lowest BCUT2D eigenvalue weighted by atomic mass is 10.2. The lowest BCUT2D eigenvalue weighted by Gasteiger charge is -2.11. The van der Waals surface area contributed by atoms with Crippen LogP contribution in [0.4, 0.5) is 5.69 Å². The van der Waals surface area contributed by atoms with Crippen LogP contribution in [0.2, 0.25) is 0 Å². The standard InChI is InChI=1S/C16H18BrNO2/c1-2-9-20-14-7-4-6-13(10-14)18-11-12-5-3-8-15(17)16(12)19/h3-8,10,18-19H,2,9,11H2,1H3. The van der Waals surface area contributed by atoms with Crippen molar-refractivity contribution in [3.63, 3.8) is 0 Å². The Bertz CT molecular complexity index is 572. The molecule has 0 aliphatic rings. The van der Waals surface area contributed by atoms with Crippen molar-refractivity contribution >= 4 is 21.6 Å². The summed E-state index contributed by atoms with van der Waals surface area (Å²) in [6.07, 6.45) is 0.990. The molecule has 3 nitrogen and oxygen atoms in total. The van der Waals surface area contributed by atoms with Crippen LogP contribution in [0.3, 0.4) is 0 Å². The number of phenolic OH excluding ortho intramolecular Hbond substituents is 1. The number of halogens is 1. The van der Waals surface area contributed by atoms with Gasteiger partial charge in [-0.05, 0) is 40.5 Å². The highest BCUT2D eigenvalue weighted by molar-refractivity contribution is 9.10. The van der Waals surface area contributed by atoms with Crippen LogP contribution in [-0.2, 0) is 6.54 Å². The molecule has 4 heteroatoms. The minimum absolute atomic E-state index is 0.276. The molecular weight excluding hydrogens is 318 g/mol. The van der Waals surface area contributed by atoms with E-state index < -0.39 is 0 Å². The Morgan fingerprint density at radius 2 is 2.00 bits per heavy atom. The summed E-state index contributed by atoms with van der Waals surface area (Å²) < 4.78 is 6.30. The molecule has 0 saturated carbocycles. The third-order valence-electron chi connectivity index (χ3n) is 2.86. The highest BCUT2D eigenvalue weighted by Gasteiger charge is 2.04. The molecule has 0 aliphatic heterocycles. The molecule has 2 N–H and O–H groups in total. The predicted molar refractivity (Wildman–Crippen MR) is 85.4 cm³/mol. The first-order valence-electron chi connectivity index (χ1n) is 6.63. The highest BCUT2D eigenvalue weighted by Crippen LogP contribution is 2.28. The normalized spacial score (nSPS) is 10.3. The highest BCUT2D eigenvalue weighted by atomic mass is 79.9. The van der Waals surface area contributed by atoms with Crippen molar-refractivity contribution in [3.8, 4) is 11.5 Å². The molecule has 2 rings (SSSR count). The maximum Gasteiger partial charge on any atom is 0.134 e. The van der Waals surface area contributed by atoms with Crippen LogP contribution in [0.1, 0.15) is 18.9 Å². The Balaban J connectivity index is 2.01. The van der Waals surface area contributed by atoms with E-state index in [1.54, 1.807) is 0 Å². The van der Waals surface area contributed by atoms with Gasteiger partial charge < -0.3 is 15.2 Å². The van der Waals surface area contributed by atoms with Crippen molar-refractivity contribution in [3.05, 3.63) is 52.5 Å². The molecule has 20 heavy (non-hydrogen) atoms. The Hall–Kier alpha value is -1.68. The Labute approximate surface area is 127 Å². The van der Waals surface area contributed by atoms with Gasteiger partial charge in [-0.25, -0.2) is 0 Å². The number of rotatable bonds is 6. The fourth-order valence-electron chi connectivity index (χ4n) is 1.82. The van der Waals surface area contributed by atoms with Crippen molar-refractivity contribution in [2.45, 2.75) is 19.9 Å². The average molecular weight is 336 g/mol. The summed E-state index contributed by atoms with van der Waals surface area (Å²) in [6, 6.07) is 13.5. The largest absolute Gasteiger partial charge is 0.506 e. The van der Waals surface area contributed by atoms with Crippen molar-refractivity contribution in [2.24, 2.45) is 0 Å². The van der Waals surface area contributed by atoms with Crippen molar-refractivity contribution in [2.75, 3.05) is 11.9 Å². The number of aromatic hydroxyl groups is 1. The molecule has 0 atom stereocenters. The van der Waals surface area contributed by atoms with Gasteiger partial charge in [0.2, 0.25) is 0 Å². The van der Waals surface area contributed by atoms with Crippen molar-refractivity contribution in [1.82, 2.24) is 0 Å². The summed E-state index contributed by atoms with van der Waals surface area (Å²) in [5.74, 6) is 1.13. The van der Waals surface area contributed by atoms with Crippen LogP contribution < -0.4 is 10.1 Å². The van der Waals surface area contributed by atoms with Gasteiger partial charge in [0.25, 0.3) is 0 Å². The van der Waals surface area contributed by atoms with Crippen molar-refractivity contribution < 1.29 is 9.84 Å². The number of nitrogens with one attached hydrogen (secondary N) is 1. The molecule has 0 spiro atoms. The summed E-state index contributed by atoms with van der Waals surface area (Å²) in [5.41, 5.74) is 1.82. The van der Waals surface area contributed by atoms with Crippen LogP contribution in [0.5, 0.6) is 11.5 Å². The molecule has 0 bridgehead atoms. The summed E-state index contributed by atoms with van der Waals surface area (Å²) in [6.45, 7) is 3.36. The van der Waals surface area contributed by atoms with Crippen LogP contribution in [0, 0.1) is 0 Å². The van der Waals surface area contributed by atoms with Gasteiger partial charge in [-0.3, -0.25) is 0 Å². The quantitative estimate of drug-likeness (QED) is 0.813. The first-order chi connectivity index (χ1) is 9.70. The fourth-order valence-corrected chi connectivity index (χ4v) is 2.22. The molecule has 0 amide bonds. The topological polar surface area (TPSA) is 41.5 Å². The van der Waals surface area contributed by atoms with E-state index in [1.807, 2.05) is 42.5 Å². The number of benzene rings is 2. The van der Waals surface area contributed by atoms with Gasteiger partial charge in [0.1, 0.15) is 11.5 Å². The molecule has 0 fully saturated rings. The zero-order valence-electron chi connectivity index (χ0n) is 11.4. The molecule has 0 aromatic heterocycles. The van der Waals surface area contributed by atoms with Gasteiger partial charge in [-0.1, -0.05) is 25.1 Å². The third-order valence-corrected chi connectivity index (χ3v) is 3.50. The second-order valence-corrected chi connectivity index (χ2v) is 5.33. The van der Waals surface area contributed by atoms with Gasteiger partial charge >= 0.3 is 0 Å². The Morgan fingerprint density at radius 1 is 1.20 bits per heavy atom. The molecular formula is C16H18BrNO2. The van der Waals surface area contributed by atoms with E-state index in [4.69, 9.17) is 4.74 Å². The van der Waals surface area contributed by atoms with E-state index in [2.05, 4.69) is 28.2 Å². The lowest BCUT2D eigenvalue weighted by molar-refractivity contribution is 0.317. The summed E-state index contributed by atoms with van der Waals surface area (Å²) >= 11 is 3.31. The van der Waals surface area contributed by atoms with E-state index in [0.29, 0.717) is 11.0 Å². The van der Waals surface area contributed by atoms with E-state index in [-0.39, 0.29) is 5.75 Å². The number of hydrogen-bond donors (Lipinski definition) is 2. The minimum atomic E-state index is 0.276. The van der Waals surface area contributed by atoms with E-state index in [1.165, 1.54) is 0 Å². The number of hydrogen-bond acceptors (Lipinski definition) is 3. The van der Waals surface area contributed by atoms with Gasteiger partial charge in [-0.2, -0.15) is 0 Å². The van der Waals surface area contributed by atoms with E-state index in [0.717, 1.165) is 30.0 Å². The van der Waals surface area contributed by atoms with E-state index in [9.17, 15) is 5.11 Å². The van der Waals surface area contributed by atoms with E-state index >= 15 is 0 Å². The fraction of sp³-hybridized carbons (Fsp3) is 0.250. The summed E-state index contributed by atoms with van der Waals surface area (Å²) in [4.78, 5) is 0. The smallest absolute Gasteiger partial charge is 0.134 e. The molecule has 2 aromatic rings. The monoisotopic (exact) mass is 335 g/mol. The number of phenols is 1. The first-order valence-corrected chi connectivity index (χ1v) is 7.43. The Morgan fingerprint density at radius 3 is 2.80 bits per heavy atom. The average Bonchev–Trinajstić information content (AvgIpc) is 2.47. The lowest BCUT2D eigenvalue weighted by Crippen LogP contribution is -2.01. The molecule has 0 unspecified atom stereocenters. The van der Waals surface area contributed by atoms with Gasteiger partial charge in [0.05, 0.1) is 11.1 Å². The molecule has 0 heterocycles. The van der Waals surface area contributed by atoms with Gasteiger partial charge in [0.15, 0.2) is 0 Å².